The second-order valence-corrected chi connectivity index (χ2v) is 11.7. The summed E-state index contributed by atoms with van der Waals surface area (Å²) >= 11 is 1.90. The molecular formula is C32H35N3O3S. The molecule has 1 N–H and O–H groups in total. The van der Waals surface area contributed by atoms with Crippen molar-refractivity contribution in [2.75, 3.05) is 19.5 Å². The predicted octanol–water partition coefficient (Wildman–Crippen LogP) is 7.70. The van der Waals surface area contributed by atoms with E-state index in [9.17, 15) is 4.79 Å². The first kappa shape index (κ1) is 25.6. The number of nitrogens with one attached hydrogen (secondary N) is 1. The van der Waals surface area contributed by atoms with Crippen molar-refractivity contribution in [2.45, 2.75) is 58.0 Å². The number of hydrogen-bond donors (Lipinski definition) is 1. The first-order chi connectivity index (χ1) is 19.0. The van der Waals surface area contributed by atoms with Crippen LogP contribution in [-0.4, -0.2) is 29.7 Å². The van der Waals surface area contributed by atoms with Gasteiger partial charge in [-0.05, 0) is 72.6 Å². The first-order valence-corrected chi connectivity index (χ1v) is 14.5. The third-order valence-electron chi connectivity index (χ3n) is 7.99. The molecule has 1 atom stereocenters. The smallest absolute Gasteiger partial charge is 0.322 e. The van der Waals surface area contributed by atoms with Gasteiger partial charge in [-0.2, -0.15) is 0 Å². The largest absolute Gasteiger partial charge is 0.493 e. The molecule has 2 amide bonds. The highest BCUT2D eigenvalue weighted by Crippen LogP contribution is 2.44. The standard InChI is InChI=1S/C32H35N3O3S/c1-20(2)21-11-13-22(14-12-21)30-26-9-7-17-34(26)31-25(24-8-5-6-10-29(24)39-31)19-35(30)32(36)33-23-15-16-27(37-3)28(18-23)38-4/h7,9,11-18,20,30H,5-6,8,10,19H2,1-4H3,(H,33,36). The van der Waals surface area contributed by atoms with Crippen LogP contribution in [0.5, 0.6) is 11.5 Å². The summed E-state index contributed by atoms with van der Waals surface area (Å²) in [5.74, 6) is 1.65. The number of fused-ring (bicyclic) bond motifs is 5. The van der Waals surface area contributed by atoms with Crippen LogP contribution >= 0.6 is 11.3 Å². The summed E-state index contributed by atoms with van der Waals surface area (Å²) in [7, 11) is 3.21. The minimum Gasteiger partial charge on any atom is -0.493 e. The van der Waals surface area contributed by atoms with Crippen molar-refractivity contribution in [2.24, 2.45) is 0 Å². The Balaban J connectivity index is 1.45. The number of aromatic nitrogens is 1. The quantitative estimate of drug-likeness (QED) is 0.282. The molecule has 0 spiro atoms. The van der Waals surface area contributed by atoms with Crippen LogP contribution in [0.1, 0.15) is 71.5 Å². The maximum atomic E-state index is 14.2. The Bertz CT molecular complexity index is 1500. The van der Waals surface area contributed by atoms with Gasteiger partial charge in [0.2, 0.25) is 0 Å². The number of hydrogen-bond acceptors (Lipinski definition) is 4. The molecule has 6 nitrogen and oxygen atoms in total. The van der Waals surface area contributed by atoms with E-state index in [0.717, 1.165) is 24.1 Å². The maximum Gasteiger partial charge on any atom is 0.322 e. The molecule has 202 valence electrons. The average Bonchev–Trinajstić information content (AvgIpc) is 3.54. The second kappa shape index (κ2) is 10.5. The van der Waals surface area contributed by atoms with Gasteiger partial charge >= 0.3 is 6.03 Å². The Kier molecular flexibility index (Phi) is 6.85. The lowest BCUT2D eigenvalue weighted by atomic mass is 9.94. The van der Waals surface area contributed by atoms with Crippen LogP contribution in [0.3, 0.4) is 0 Å². The number of thiophene rings is 1. The second-order valence-electron chi connectivity index (χ2n) is 10.6. The van der Waals surface area contributed by atoms with E-state index < -0.39 is 0 Å². The lowest BCUT2D eigenvalue weighted by molar-refractivity contribution is 0.194. The van der Waals surface area contributed by atoms with Crippen molar-refractivity contribution >= 4 is 23.1 Å². The Morgan fingerprint density at radius 1 is 0.974 bits per heavy atom. The fourth-order valence-corrected chi connectivity index (χ4v) is 7.31. The number of aryl methyl sites for hydroxylation is 1. The summed E-state index contributed by atoms with van der Waals surface area (Å²) in [4.78, 5) is 17.7. The number of benzene rings is 2. The van der Waals surface area contributed by atoms with Crippen molar-refractivity contribution in [3.8, 4) is 16.5 Å². The van der Waals surface area contributed by atoms with Crippen LogP contribution in [0.4, 0.5) is 10.5 Å². The number of anilines is 1. The fourth-order valence-electron chi connectivity index (χ4n) is 5.91. The number of carbonyl (C=O) groups is 1. The van der Waals surface area contributed by atoms with E-state index in [4.69, 9.17) is 9.47 Å². The van der Waals surface area contributed by atoms with Gasteiger partial charge in [-0.15, -0.1) is 11.3 Å². The Morgan fingerprint density at radius 2 is 1.74 bits per heavy atom. The molecule has 1 aliphatic heterocycles. The highest BCUT2D eigenvalue weighted by atomic mass is 32.1. The van der Waals surface area contributed by atoms with Crippen LogP contribution in [0, 0.1) is 0 Å². The van der Waals surface area contributed by atoms with Crippen molar-refractivity contribution in [1.82, 2.24) is 9.47 Å². The van der Waals surface area contributed by atoms with Crippen LogP contribution in [0.25, 0.3) is 5.00 Å². The molecule has 2 aliphatic rings. The number of carbonyl (C=O) groups excluding carboxylic acids is 1. The SMILES string of the molecule is COc1ccc(NC(=O)N2Cc3c(sc4c3CCCC4)-n3cccc3C2c2ccc(C(C)C)cc2)cc1OC. The van der Waals surface area contributed by atoms with E-state index in [-0.39, 0.29) is 12.1 Å². The molecule has 4 aromatic rings. The first-order valence-electron chi connectivity index (χ1n) is 13.7. The van der Waals surface area contributed by atoms with Crippen LogP contribution in [0.15, 0.2) is 60.8 Å². The van der Waals surface area contributed by atoms with E-state index in [1.165, 1.54) is 39.4 Å². The van der Waals surface area contributed by atoms with Crippen LogP contribution in [0.2, 0.25) is 0 Å². The highest BCUT2D eigenvalue weighted by Gasteiger charge is 2.36. The fraction of sp³-hybridized carbons (Fsp3) is 0.344. The summed E-state index contributed by atoms with van der Waals surface area (Å²) in [6.45, 7) is 4.96. The molecule has 0 bridgehead atoms. The highest BCUT2D eigenvalue weighted by molar-refractivity contribution is 7.15. The molecule has 3 heterocycles. The third-order valence-corrected chi connectivity index (χ3v) is 9.33. The van der Waals surface area contributed by atoms with Gasteiger partial charge in [0.1, 0.15) is 5.00 Å². The monoisotopic (exact) mass is 541 g/mol. The number of amides is 2. The van der Waals surface area contributed by atoms with Crippen molar-refractivity contribution < 1.29 is 14.3 Å². The summed E-state index contributed by atoms with van der Waals surface area (Å²) in [6, 6.07) is 18.1. The van der Waals surface area contributed by atoms with Crippen LogP contribution in [-0.2, 0) is 19.4 Å². The lowest BCUT2D eigenvalue weighted by Gasteiger charge is -2.31. The molecule has 1 aliphatic carbocycles. The van der Waals surface area contributed by atoms with Gasteiger partial charge in [-0.1, -0.05) is 38.1 Å². The van der Waals surface area contributed by atoms with E-state index in [1.54, 1.807) is 14.2 Å². The van der Waals surface area contributed by atoms with Gasteiger partial charge in [0.05, 0.1) is 32.5 Å². The topological polar surface area (TPSA) is 55.7 Å². The molecule has 2 aromatic heterocycles. The van der Waals surface area contributed by atoms with Gasteiger partial charge < -0.3 is 24.3 Å². The Morgan fingerprint density at radius 3 is 2.49 bits per heavy atom. The van der Waals surface area contributed by atoms with Crippen LogP contribution < -0.4 is 14.8 Å². The molecular weight excluding hydrogens is 506 g/mol. The van der Waals surface area contributed by atoms with Crippen molar-refractivity contribution in [1.29, 1.82) is 0 Å². The lowest BCUT2D eigenvalue weighted by Crippen LogP contribution is -2.38. The molecule has 0 fully saturated rings. The predicted molar refractivity (Wildman–Crippen MR) is 157 cm³/mol. The van der Waals surface area contributed by atoms with Gasteiger partial charge in [-0.25, -0.2) is 4.79 Å². The van der Waals surface area contributed by atoms with Crippen molar-refractivity contribution in [3.05, 3.63) is 93.6 Å². The molecule has 0 saturated heterocycles. The van der Waals surface area contributed by atoms with E-state index >= 15 is 0 Å². The van der Waals surface area contributed by atoms with Gasteiger partial charge in [0, 0.05) is 28.4 Å². The number of ether oxygens (including phenoxy) is 2. The molecule has 2 aromatic carbocycles. The molecule has 1 unspecified atom stereocenters. The molecule has 7 heteroatoms. The Labute approximate surface area is 234 Å². The zero-order valence-electron chi connectivity index (χ0n) is 23.0. The molecule has 0 saturated carbocycles. The Hall–Kier alpha value is -3.71. The third kappa shape index (κ3) is 4.59. The average molecular weight is 542 g/mol. The summed E-state index contributed by atoms with van der Waals surface area (Å²) in [6.07, 6.45) is 6.80. The number of methoxy groups -OCH3 is 2. The normalized spacial score (nSPS) is 16.2. The minimum atomic E-state index is -0.236. The molecule has 6 rings (SSSR count). The molecule has 39 heavy (non-hydrogen) atoms. The number of nitrogens with zero attached hydrogens (tertiary/aromatic N) is 2. The maximum absolute atomic E-state index is 14.2. The van der Waals surface area contributed by atoms with Gasteiger partial charge in [-0.3, -0.25) is 0 Å². The van der Waals surface area contributed by atoms with Gasteiger partial charge in [0.25, 0.3) is 0 Å². The van der Waals surface area contributed by atoms with Gasteiger partial charge in [0.15, 0.2) is 11.5 Å². The molecule has 0 radical (unpaired) electrons. The van der Waals surface area contributed by atoms with Crippen molar-refractivity contribution in [3.63, 3.8) is 0 Å². The minimum absolute atomic E-state index is 0.142. The summed E-state index contributed by atoms with van der Waals surface area (Å²) in [5.41, 5.74) is 6.89. The number of rotatable bonds is 5. The number of urea groups is 1. The summed E-state index contributed by atoms with van der Waals surface area (Å²) in [5, 5.41) is 4.42. The van der Waals surface area contributed by atoms with E-state index in [0.29, 0.717) is 29.6 Å². The van der Waals surface area contributed by atoms with E-state index in [1.807, 2.05) is 34.4 Å². The van der Waals surface area contributed by atoms with E-state index in [2.05, 4.69) is 66.3 Å². The summed E-state index contributed by atoms with van der Waals surface area (Å²) < 4.78 is 13.2. The zero-order chi connectivity index (χ0) is 27.1. The zero-order valence-corrected chi connectivity index (χ0v) is 23.8.